The van der Waals surface area contributed by atoms with E-state index in [0.29, 0.717) is 21.5 Å². The lowest BCUT2D eigenvalue weighted by molar-refractivity contribution is -0.120. The van der Waals surface area contributed by atoms with Crippen molar-refractivity contribution in [1.82, 2.24) is 4.31 Å². The Balaban J connectivity index is 1.72. The number of hydrogen-bond donors (Lipinski definition) is 1. The van der Waals surface area contributed by atoms with E-state index >= 15 is 0 Å². The first-order valence-electron chi connectivity index (χ1n) is 9.78. The Bertz CT molecular complexity index is 1260. The van der Waals surface area contributed by atoms with Crippen LogP contribution < -0.4 is 10.1 Å². The molecule has 1 aliphatic rings. The predicted molar refractivity (Wildman–Crippen MR) is 125 cm³/mol. The molecule has 166 valence electrons. The second kappa shape index (κ2) is 9.11. The standard InChI is InChI=1S/C23H20Cl2N2O4S/c1-31-18-7-9-19(10-8-18)32(29,30)27-14-16-5-3-2-4-15(16)12-22(27)23(28)26-21-13-17(24)6-11-20(21)25/h2-11,13,22H,12,14H2,1H3,(H,26,28)/t22-/m0/s1. The fourth-order valence-corrected chi connectivity index (χ4v) is 5.57. The van der Waals surface area contributed by atoms with Crippen molar-refractivity contribution in [2.24, 2.45) is 0 Å². The maximum absolute atomic E-state index is 13.5. The number of fused-ring (bicyclic) bond motifs is 1. The van der Waals surface area contributed by atoms with Crippen LogP contribution in [0.1, 0.15) is 11.1 Å². The number of rotatable bonds is 5. The third-order valence-electron chi connectivity index (χ3n) is 5.36. The maximum atomic E-state index is 13.5. The summed E-state index contributed by atoms with van der Waals surface area (Å²) in [6.45, 7) is 0.0753. The Morgan fingerprint density at radius 3 is 2.41 bits per heavy atom. The zero-order chi connectivity index (χ0) is 22.9. The van der Waals surface area contributed by atoms with Crippen molar-refractivity contribution < 1.29 is 17.9 Å². The van der Waals surface area contributed by atoms with Crippen molar-refractivity contribution in [3.63, 3.8) is 0 Å². The van der Waals surface area contributed by atoms with Crippen LogP contribution in [0.25, 0.3) is 0 Å². The molecule has 32 heavy (non-hydrogen) atoms. The third kappa shape index (κ3) is 4.47. The van der Waals surface area contributed by atoms with Crippen LogP contribution in [-0.2, 0) is 27.8 Å². The molecule has 0 aliphatic carbocycles. The molecule has 0 bridgehead atoms. The van der Waals surface area contributed by atoms with Gasteiger partial charge in [-0.1, -0.05) is 47.5 Å². The van der Waals surface area contributed by atoms with Gasteiger partial charge in [0.25, 0.3) is 0 Å². The van der Waals surface area contributed by atoms with E-state index in [2.05, 4.69) is 5.32 Å². The van der Waals surface area contributed by atoms with Crippen molar-refractivity contribution in [2.45, 2.75) is 23.9 Å². The molecule has 1 atom stereocenters. The Morgan fingerprint density at radius 2 is 1.72 bits per heavy atom. The monoisotopic (exact) mass is 490 g/mol. The molecule has 0 unspecified atom stereocenters. The largest absolute Gasteiger partial charge is 0.497 e. The first kappa shape index (κ1) is 22.6. The molecule has 9 heteroatoms. The van der Waals surface area contributed by atoms with Gasteiger partial charge >= 0.3 is 0 Å². The van der Waals surface area contributed by atoms with Crippen LogP contribution in [0.3, 0.4) is 0 Å². The minimum atomic E-state index is -3.98. The average Bonchev–Trinajstić information content (AvgIpc) is 2.80. The minimum Gasteiger partial charge on any atom is -0.497 e. The highest BCUT2D eigenvalue weighted by molar-refractivity contribution is 7.89. The second-order valence-electron chi connectivity index (χ2n) is 7.33. The summed E-state index contributed by atoms with van der Waals surface area (Å²) in [5, 5.41) is 3.45. The lowest BCUT2D eigenvalue weighted by Gasteiger charge is -2.35. The summed E-state index contributed by atoms with van der Waals surface area (Å²) >= 11 is 12.2. The summed E-state index contributed by atoms with van der Waals surface area (Å²) in [5.74, 6) is 0.0542. The molecule has 3 aromatic carbocycles. The van der Waals surface area contributed by atoms with E-state index < -0.39 is 22.0 Å². The highest BCUT2D eigenvalue weighted by atomic mass is 35.5. The molecule has 3 aromatic rings. The second-order valence-corrected chi connectivity index (χ2v) is 10.1. The van der Waals surface area contributed by atoms with E-state index in [1.54, 1.807) is 24.3 Å². The van der Waals surface area contributed by atoms with Gasteiger partial charge < -0.3 is 10.1 Å². The number of ether oxygens (including phenoxy) is 1. The van der Waals surface area contributed by atoms with Gasteiger partial charge in [0.2, 0.25) is 15.9 Å². The molecular weight excluding hydrogens is 471 g/mol. The number of methoxy groups -OCH3 is 1. The SMILES string of the molecule is COc1ccc(S(=O)(=O)N2Cc3ccccc3C[C@H]2C(=O)Nc2cc(Cl)ccc2Cl)cc1. The quantitative estimate of drug-likeness (QED) is 0.559. The molecule has 0 aromatic heterocycles. The van der Waals surface area contributed by atoms with E-state index in [1.165, 1.54) is 29.6 Å². The maximum Gasteiger partial charge on any atom is 0.244 e. The predicted octanol–water partition coefficient (Wildman–Crippen LogP) is 4.76. The van der Waals surface area contributed by atoms with E-state index in [0.717, 1.165) is 11.1 Å². The van der Waals surface area contributed by atoms with E-state index in [1.807, 2.05) is 24.3 Å². The molecule has 1 amide bonds. The van der Waals surface area contributed by atoms with Crippen LogP contribution in [0.15, 0.2) is 71.6 Å². The Kier molecular flexibility index (Phi) is 6.44. The van der Waals surface area contributed by atoms with Crippen LogP contribution in [-0.4, -0.2) is 31.8 Å². The molecule has 6 nitrogen and oxygen atoms in total. The zero-order valence-electron chi connectivity index (χ0n) is 17.1. The Labute approximate surface area is 196 Å². The molecular formula is C23H20Cl2N2O4S. The first-order chi connectivity index (χ1) is 15.3. The number of hydrogen-bond acceptors (Lipinski definition) is 4. The lowest BCUT2D eigenvalue weighted by atomic mass is 9.95. The van der Waals surface area contributed by atoms with Gasteiger partial charge in [-0.3, -0.25) is 4.79 Å². The number of nitrogens with zero attached hydrogens (tertiary/aromatic N) is 1. The van der Waals surface area contributed by atoms with Gasteiger partial charge in [0.1, 0.15) is 11.8 Å². The molecule has 0 fully saturated rings. The third-order valence-corrected chi connectivity index (χ3v) is 7.79. The topological polar surface area (TPSA) is 75.7 Å². The van der Waals surface area contributed by atoms with E-state index in [9.17, 15) is 13.2 Å². The highest BCUT2D eigenvalue weighted by Gasteiger charge is 2.39. The molecule has 1 heterocycles. The smallest absolute Gasteiger partial charge is 0.244 e. The summed E-state index contributed by atoms with van der Waals surface area (Å²) in [6, 6.07) is 17.3. The van der Waals surface area contributed by atoms with Crippen molar-refractivity contribution in [3.8, 4) is 5.75 Å². The van der Waals surface area contributed by atoms with Gasteiger partial charge in [-0.2, -0.15) is 4.31 Å². The molecule has 1 aliphatic heterocycles. The van der Waals surface area contributed by atoms with Crippen LogP contribution in [0.4, 0.5) is 5.69 Å². The fraction of sp³-hybridized carbons (Fsp3) is 0.174. The van der Waals surface area contributed by atoms with Crippen LogP contribution in [0.5, 0.6) is 5.75 Å². The lowest BCUT2D eigenvalue weighted by Crippen LogP contribution is -2.50. The van der Waals surface area contributed by atoms with Crippen molar-refractivity contribution >= 4 is 44.8 Å². The van der Waals surface area contributed by atoms with Gasteiger partial charge in [0, 0.05) is 11.6 Å². The van der Waals surface area contributed by atoms with E-state index in [-0.39, 0.29) is 17.9 Å². The van der Waals surface area contributed by atoms with Gasteiger partial charge in [-0.15, -0.1) is 0 Å². The molecule has 0 spiro atoms. The first-order valence-corrected chi connectivity index (χ1v) is 12.0. The number of sulfonamides is 1. The number of amides is 1. The number of carbonyl (C=O) groups excluding carboxylic acids is 1. The van der Waals surface area contributed by atoms with Gasteiger partial charge in [-0.05, 0) is 60.0 Å². The van der Waals surface area contributed by atoms with Crippen molar-refractivity contribution in [3.05, 3.63) is 87.9 Å². The summed E-state index contributed by atoms with van der Waals surface area (Å²) in [6.07, 6.45) is 0.232. The summed E-state index contributed by atoms with van der Waals surface area (Å²) < 4.78 is 33.4. The van der Waals surface area contributed by atoms with Gasteiger partial charge in [0.15, 0.2) is 0 Å². The number of anilines is 1. The fourth-order valence-electron chi connectivity index (χ4n) is 3.67. The van der Waals surface area contributed by atoms with Crippen LogP contribution >= 0.6 is 23.2 Å². The summed E-state index contributed by atoms with van der Waals surface area (Å²) in [4.78, 5) is 13.4. The zero-order valence-corrected chi connectivity index (χ0v) is 19.4. The van der Waals surface area contributed by atoms with Crippen LogP contribution in [0.2, 0.25) is 10.0 Å². The normalized spacial score (nSPS) is 16.3. The average molecular weight is 491 g/mol. The number of nitrogens with one attached hydrogen (secondary N) is 1. The summed E-state index contributed by atoms with van der Waals surface area (Å²) in [7, 11) is -2.47. The molecule has 0 radical (unpaired) electrons. The Morgan fingerprint density at radius 1 is 1.03 bits per heavy atom. The van der Waals surface area contributed by atoms with Crippen molar-refractivity contribution in [1.29, 1.82) is 0 Å². The molecule has 4 rings (SSSR count). The van der Waals surface area contributed by atoms with Gasteiger partial charge in [0.05, 0.1) is 22.7 Å². The van der Waals surface area contributed by atoms with Crippen LogP contribution in [0, 0.1) is 0 Å². The van der Waals surface area contributed by atoms with E-state index in [4.69, 9.17) is 27.9 Å². The number of benzene rings is 3. The van der Waals surface area contributed by atoms with Crippen molar-refractivity contribution in [2.75, 3.05) is 12.4 Å². The molecule has 0 saturated heterocycles. The summed E-state index contributed by atoms with van der Waals surface area (Å²) in [5.41, 5.74) is 2.10. The number of carbonyl (C=O) groups is 1. The van der Waals surface area contributed by atoms with Gasteiger partial charge in [-0.25, -0.2) is 8.42 Å². The molecule has 0 saturated carbocycles. The minimum absolute atomic E-state index is 0.0753. The highest BCUT2D eigenvalue weighted by Crippen LogP contribution is 2.32. The number of halogens is 2. The molecule has 1 N–H and O–H groups in total. The Hall–Kier alpha value is -2.58.